The van der Waals surface area contributed by atoms with Crippen molar-refractivity contribution < 1.29 is 8.42 Å². The molecule has 0 fully saturated rings. The smallest absolute Gasteiger partial charge is 0.241 e. The lowest BCUT2D eigenvalue weighted by atomic mass is 10.3. The van der Waals surface area contributed by atoms with Gasteiger partial charge in [0.1, 0.15) is 16.5 Å². The number of imidazole rings is 1. The van der Waals surface area contributed by atoms with Crippen molar-refractivity contribution in [2.24, 2.45) is 5.14 Å². The van der Waals surface area contributed by atoms with Crippen LogP contribution in [0.2, 0.25) is 0 Å². The molecule has 0 aliphatic rings. The molecule has 2 N–H and O–H groups in total. The van der Waals surface area contributed by atoms with Crippen molar-refractivity contribution in [1.29, 1.82) is 0 Å². The minimum Gasteiger partial charge on any atom is -0.358 e. The van der Waals surface area contributed by atoms with Crippen LogP contribution >= 0.6 is 0 Å². The van der Waals surface area contributed by atoms with Gasteiger partial charge in [0, 0.05) is 38.7 Å². The van der Waals surface area contributed by atoms with Crippen LogP contribution < -0.4 is 10.0 Å². The van der Waals surface area contributed by atoms with Crippen molar-refractivity contribution in [3.63, 3.8) is 0 Å². The highest BCUT2D eigenvalue weighted by atomic mass is 32.2. The first kappa shape index (κ1) is 15.5. The number of pyridine rings is 1. The van der Waals surface area contributed by atoms with Crippen molar-refractivity contribution in [1.82, 2.24) is 14.5 Å². The van der Waals surface area contributed by atoms with Crippen molar-refractivity contribution in [3.05, 3.63) is 36.5 Å². The molecule has 0 aromatic carbocycles. The molecule has 2 rings (SSSR count). The number of aromatic nitrogens is 3. The molecule has 0 spiro atoms. The van der Waals surface area contributed by atoms with Gasteiger partial charge in [0.15, 0.2) is 0 Å². The fourth-order valence-electron chi connectivity index (χ4n) is 2.12. The number of nitrogens with zero attached hydrogens (tertiary/aromatic N) is 4. The molecule has 2 aromatic heterocycles. The maximum atomic E-state index is 11.6. The Bertz CT molecular complexity index is 711. The Morgan fingerprint density at radius 1 is 1.33 bits per heavy atom. The minimum absolute atomic E-state index is 0.0475. The summed E-state index contributed by atoms with van der Waals surface area (Å²) >= 11 is 0. The van der Waals surface area contributed by atoms with Gasteiger partial charge in [-0.3, -0.25) is 0 Å². The van der Waals surface area contributed by atoms with E-state index in [0.717, 1.165) is 18.8 Å². The van der Waals surface area contributed by atoms with Gasteiger partial charge in [-0.05, 0) is 25.5 Å². The van der Waals surface area contributed by atoms with E-state index in [1.54, 1.807) is 30.4 Å². The van der Waals surface area contributed by atoms with Crippen LogP contribution in [0.15, 0.2) is 35.6 Å². The predicted octanol–water partition coefficient (Wildman–Crippen LogP) is 0.760. The molecule has 2 heterocycles. The van der Waals surface area contributed by atoms with Crippen LogP contribution in [0.1, 0.15) is 12.2 Å². The zero-order chi connectivity index (χ0) is 15.5. The van der Waals surface area contributed by atoms with E-state index >= 15 is 0 Å². The van der Waals surface area contributed by atoms with Gasteiger partial charge in [0.2, 0.25) is 10.0 Å². The number of hydrogen-bond donors (Lipinski definition) is 1. The first-order valence-electron chi connectivity index (χ1n) is 6.56. The van der Waals surface area contributed by atoms with Crippen LogP contribution in [-0.4, -0.2) is 36.5 Å². The van der Waals surface area contributed by atoms with Gasteiger partial charge in [-0.25, -0.2) is 23.5 Å². The van der Waals surface area contributed by atoms with E-state index in [9.17, 15) is 8.42 Å². The highest BCUT2D eigenvalue weighted by Gasteiger charge is 2.17. The zero-order valence-electron chi connectivity index (χ0n) is 12.1. The molecule has 0 atom stereocenters. The lowest BCUT2D eigenvalue weighted by Crippen LogP contribution is -2.25. The third kappa shape index (κ3) is 3.79. The number of rotatable bonds is 6. The Balaban J connectivity index is 2.04. The van der Waals surface area contributed by atoms with E-state index in [1.165, 1.54) is 6.07 Å². The van der Waals surface area contributed by atoms with E-state index in [0.29, 0.717) is 12.4 Å². The number of anilines is 1. The van der Waals surface area contributed by atoms with Crippen LogP contribution in [0.3, 0.4) is 0 Å². The Morgan fingerprint density at radius 3 is 2.71 bits per heavy atom. The maximum Gasteiger partial charge on any atom is 0.241 e. The molecule has 0 saturated carbocycles. The number of hydrogen-bond acceptors (Lipinski definition) is 5. The molecule has 0 aliphatic carbocycles. The third-order valence-corrected chi connectivity index (χ3v) is 4.17. The molecular weight excluding hydrogens is 290 g/mol. The van der Waals surface area contributed by atoms with E-state index < -0.39 is 10.0 Å². The van der Waals surface area contributed by atoms with Gasteiger partial charge in [-0.15, -0.1) is 0 Å². The summed E-state index contributed by atoms with van der Waals surface area (Å²) < 4.78 is 25.2. The second-order valence-corrected chi connectivity index (χ2v) is 6.34. The molecule has 2 aromatic rings. The molecule has 7 nitrogen and oxygen atoms in total. The highest BCUT2D eigenvalue weighted by molar-refractivity contribution is 7.89. The largest absolute Gasteiger partial charge is 0.358 e. The first-order chi connectivity index (χ1) is 9.89. The van der Waals surface area contributed by atoms with Gasteiger partial charge in [0.25, 0.3) is 0 Å². The van der Waals surface area contributed by atoms with Gasteiger partial charge in [0.05, 0.1) is 0 Å². The molecule has 0 aliphatic heterocycles. The quantitative estimate of drug-likeness (QED) is 0.850. The Kier molecular flexibility index (Phi) is 4.59. The summed E-state index contributed by atoms with van der Waals surface area (Å²) in [7, 11) is -1.97. The van der Waals surface area contributed by atoms with Crippen LogP contribution in [0, 0.1) is 6.92 Å². The molecule has 0 amide bonds. The lowest BCUT2D eigenvalue weighted by molar-refractivity contribution is 0.595. The molecule has 8 heteroatoms. The van der Waals surface area contributed by atoms with Gasteiger partial charge >= 0.3 is 0 Å². The molecule has 21 heavy (non-hydrogen) atoms. The average molecular weight is 309 g/mol. The summed E-state index contributed by atoms with van der Waals surface area (Å²) in [5.74, 6) is 1.34. The third-order valence-electron chi connectivity index (χ3n) is 3.24. The normalized spacial score (nSPS) is 11.6. The molecular formula is C13H19N5O2S. The first-order valence-corrected chi connectivity index (χ1v) is 8.11. The molecule has 0 radical (unpaired) electrons. The molecule has 114 valence electrons. The molecule has 0 bridgehead atoms. The summed E-state index contributed by atoms with van der Waals surface area (Å²) in [6, 6.07) is 3.03. The van der Waals surface area contributed by atoms with E-state index in [-0.39, 0.29) is 4.90 Å². The fraction of sp³-hybridized carbons (Fsp3) is 0.385. The zero-order valence-corrected chi connectivity index (χ0v) is 12.9. The summed E-state index contributed by atoms with van der Waals surface area (Å²) in [4.78, 5) is 10.1. The van der Waals surface area contributed by atoms with Gasteiger partial charge in [-0.2, -0.15) is 0 Å². The predicted molar refractivity (Wildman–Crippen MR) is 80.5 cm³/mol. The van der Waals surface area contributed by atoms with Crippen LogP contribution in [0.25, 0.3) is 0 Å². The van der Waals surface area contributed by atoms with E-state index in [1.807, 2.05) is 17.7 Å². The topological polar surface area (TPSA) is 94.1 Å². The average Bonchev–Trinajstić information content (AvgIpc) is 2.83. The van der Waals surface area contributed by atoms with Gasteiger partial charge < -0.3 is 9.47 Å². The number of sulfonamides is 1. The molecule has 0 saturated heterocycles. The Hall–Kier alpha value is -1.93. The van der Waals surface area contributed by atoms with Crippen LogP contribution in [0.4, 0.5) is 5.82 Å². The van der Waals surface area contributed by atoms with Gasteiger partial charge in [-0.1, -0.05) is 0 Å². The number of nitrogens with two attached hydrogens (primary N) is 1. The highest BCUT2D eigenvalue weighted by Crippen LogP contribution is 2.20. The van der Waals surface area contributed by atoms with Crippen molar-refractivity contribution in [3.8, 4) is 0 Å². The van der Waals surface area contributed by atoms with Crippen molar-refractivity contribution in [2.75, 3.05) is 18.5 Å². The SMILES string of the molecule is Cc1nccn1CCCN(C)c1ncccc1S(N)(=O)=O. The number of aryl methyl sites for hydroxylation is 2. The second kappa shape index (κ2) is 6.23. The standard InChI is InChI=1S/C13H19N5O2S/c1-11-15-7-10-18(11)9-4-8-17(2)13-12(21(14,19)20)5-3-6-16-13/h3,5-7,10H,4,8-9H2,1-2H3,(H2,14,19,20). The summed E-state index contributed by atoms with van der Waals surface area (Å²) in [5.41, 5.74) is 0. The lowest BCUT2D eigenvalue weighted by Gasteiger charge is -2.20. The monoisotopic (exact) mass is 309 g/mol. The Morgan fingerprint density at radius 2 is 2.10 bits per heavy atom. The number of primary sulfonamides is 1. The van der Waals surface area contributed by atoms with Crippen molar-refractivity contribution in [2.45, 2.75) is 24.8 Å². The van der Waals surface area contributed by atoms with Crippen LogP contribution in [0.5, 0.6) is 0 Å². The fourth-order valence-corrected chi connectivity index (χ4v) is 2.85. The summed E-state index contributed by atoms with van der Waals surface area (Å²) in [6.07, 6.45) is 6.08. The Labute approximate surface area is 124 Å². The maximum absolute atomic E-state index is 11.6. The molecule has 0 unspecified atom stereocenters. The second-order valence-electron chi connectivity index (χ2n) is 4.81. The van der Waals surface area contributed by atoms with Crippen LogP contribution in [-0.2, 0) is 16.6 Å². The summed E-state index contributed by atoms with van der Waals surface area (Å²) in [6.45, 7) is 3.42. The minimum atomic E-state index is -3.77. The van der Waals surface area contributed by atoms with E-state index in [2.05, 4.69) is 9.97 Å². The van der Waals surface area contributed by atoms with Crippen molar-refractivity contribution >= 4 is 15.8 Å². The summed E-state index contributed by atoms with van der Waals surface area (Å²) in [5, 5.41) is 5.21. The van der Waals surface area contributed by atoms with E-state index in [4.69, 9.17) is 5.14 Å².